The zero-order chi connectivity index (χ0) is 22.0. The highest BCUT2D eigenvalue weighted by atomic mass is 32.2. The van der Waals surface area contributed by atoms with Crippen molar-refractivity contribution in [2.75, 3.05) is 11.1 Å². The van der Waals surface area contributed by atoms with E-state index < -0.39 is 5.82 Å². The molecule has 0 saturated carbocycles. The van der Waals surface area contributed by atoms with Crippen LogP contribution < -0.4 is 10.9 Å². The van der Waals surface area contributed by atoms with E-state index >= 15 is 0 Å². The molecule has 0 aliphatic rings. The van der Waals surface area contributed by atoms with Crippen molar-refractivity contribution in [3.05, 3.63) is 70.3 Å². The predicted molar refractivity (Wildman–Crippen MR) is 116 cm³/mol. The first-order chi connectivity index (χ1) is 15.0. The Morgan fingerprint density at radius 3 is 2.84 bits per heavy atom. The Balaban J connectivity index is 1.66. The second-order valence-electron chi connectivity index (χ2n) is 6.81. The molecule has 0 aliphatic carbocycles. The zero-order valence-electron chi connectivity index (χ0n) is 17.0. The van der Waals surface area contributed by atoms with Crippen LogP contribution in [0.4, 0.5) is 10.1 Å². The van der Waals surface area contributed by atoms with Crippen LogP contribution in [0.3, 0.4) is 0 Å². The smallest absolute Gasteiger partial charge is 0.280 e. The fourth-order valence-electron chi connectivity index (χ4n) is 3.22. The normalized spacial score (nSPS) is 11.2. The molecule has 0 radical (unpaired) electrons. The van der Waals surface area contributed by atoms with E-state index in [1.165, 1.54) is 29.0 Å². The highest BCUT2D eigenvalue weighted by molar-refractivity contribution is 7.99. The van der Waals surface area contributed by atoms with E-state index in [2.05, 4.69) is 15.4 Å². The van der Waals surface area contributed by atoms with Gasteiger partial charge in [-0.3, -0.25) is 18.8 Å². The molecule has 0 bridgehead atoms. The topological polar surface area (TPSA) is 95.0 Å². The quantitative estimate of drug-likeness (QED) is 0.349. The van der Waals surface area contributed by atoms with Crippen molar-refractivity contribution in [1.82, 2.24) is 19.3 Å². The predicted octanol–water partition coefficient (Wildman–Crippen LogP) is 3.43. The summed E-state index contributed by atoms with van der Waals surface area (Å²) in [5.74, 6) is -0.189. The largest absolute Gasteiger partial charge is 0.467 e. The van der Waals surface area contributed by atoms with Gasteiger partial charge in [0, 0.05) is 12.2 Å². The number of carbonyl (C=O) groups excluding carboxylic acids is 1. The lowest BCUT2D eigenvalue weighted by atomic mass is 10.3. The van der Waals surface area contributed by atoms with Gasteiger partial charge < -0.3 is 9.73 Å². The van der Waals surface area contributed by atoms with Gasteiger partial charge in [0.1, 0.15) is 17.1 Å². The molecule has 1 amide bonds. The molecule has 0 unspecified atom stereocenters. The summed E-state index contributed by atoms with van der Waals surface area (Å²) in [6.45, 7) is 4.41. The Bertz CT molecular complexity index is 1300. The van der Waals surface area contributed by atoms with Gasteiger partial charge in [0.05, 0.1) is 24.3 Å². The summed E-state index contributed by atoms with van der Waals surface area (Å²) in [4.78, 5) is 30.3. The number of benzene rings is 1. The van der Waals surface area contributed by atoms with Crippen LogP contribution >= 0.6 is 11.8 Å². The number of fused-ring (bicyclic) bond motifs is 1. The van der Waals surface area contributed by atoms with Gasteiger partial charge in [-0.2, -0.15) is 5.10 Å². The van der Waals surface area contributed by atoms with Gasteiger partial charge in [-0.05, 0) is 44.2 Å². The molecule has 0 aliphatic heterocycles. The van der Waals surface area contributed by atoms with Crippen molar-refractivity contribution in [3.8, 4) is 0 Å². The summed E-state index contributed by atoms with van der Waals surface area (Å²) in [6.07, 6.45) is 1.53. The number of nitrogens with zero attached hydrogens (tertiary/aromatic N) is 4. The van der Waals surface area contributed by atoms with E-state index in [1.807, 2.05) is 6.92 Å². The Hall–Kier alpha value is -3.40. The first-order valence-corrected chi connectivity index (χ1v) is 10.6. The van der Waals surface area contributed by atoms with Crippen LogP contribution in [-0.2, 0) is 17.9 Å². The van der Waals surface area contributed by atoms with Crippen LogP contribution in [0.1, 0.15) is 18.4 Å². The molecule has 0 atom stereocenters. The first-order valence-electron chi connectivity index (χ1n) is 9.64. The van der Waals surface area contributed by atoms with E-state index in [9.17, 15) is 14.0 Å². The molecule has 1 N–H and O–H groups in total. The zero-order valence-corrected chi connectivity index (χ0v) is 17.8. The second-order valence-corrected chi connectivity index (χ2v) is 7.75. The maximum absolute atomic E-state index is 13.3. The Morgan fingerprint density at radius 2 is 2.13 bits per heavy atom. The van der Waals surface area contributed by atoms with E-state index in [-0.39, 0.29) is 23.8 Å². The number of carbonyl (C=O) groups is 1. The van der Waals surface area contributed by atoms with E-state index in [0.29, 0.717) is 39.9 Å². The Kier molecular flexibility index (Phi) is 5.90. The van der Waals surface area contributed by atoms with Crippen molar-refractivity contribution in [1.29, 1.82) is 0 Å². The number of aryl methyl sites for hydroxylation is 2. The minimum Gasteiger partial charge on any atom is -0.467 e. The van der Waals surface area contributed by atoms with Crippen LogP contribution in [0.5, 0.6) is 0 Å². The van der Waals surface area contributed by atoms with E-state index in [4.69, 9.17) is 4.42 Å². The van der Waals surface area contributed by atoms with Crippen molar-refractivity contribution < 1.29 is 13.6 Å². The van der Waals surface area contributed by atoms with Gasteiger partial charge in [-0.1, -0.05) is 17.8 Å². The molecule has 1 aromatic carbocycles. The number of nitrogens with one attached hydrogen (secondary N) is 1. The number of hydrogen-bond acceptors (Lipinski definition) is 6. The molecule has 4 rings (SSSR count). The Morgan fingerprint density at radius 1 is 1.29 bits per heavy atom. The molecule has 31 heavy (non-hydrogen) atoms. The van der Waals surface area contributed by atoms with Gasteiger partial charge in [-0.25, -0.2) is 9.37 Å². The average Bonchev–Trinajstić information content (AvgIpc) is 3.36. The molecule has 0 fully saturated rings. The number of amides is 1. The molecule has 8 nitrogen and oxygen atoms in total. The molecule has 0 saturated heterocycles. The van der Waals surface area contributed by atoms with Crippen LogP contribution in [0.15, 0.2) is 57.0 Å². The number of hydrogen-bond donors (Lipinski definition) is 1. The third-order valence-corrected chi connectivity index (χ3v) is 5.59. The molecular formula is C21H20FN5O3S. The summed E-state index contributed by atoms with van der Waals surface area (Å²) in [5.41, 5.74) is 1.68. The number of thioether (sulfide) groups is 1. The van der Waals surface area contributed by atoms with Crippen molar-refractivity contribution in [3.63, 3.8) is 0 Å². The lowest BCUT2D eigenvalue weighted by Crippen LogP contribution is -2.26. The third-order valence-electron chi connectivity index (χ3n) is 4.62. The molecule has 10 heteroatoms. The van der Waals surface area contributed by atoms with Gasteiger partial charge >= 0.3 is 0 Å². The number of aromatic nitrogens is 4. The third kappa shape index (κ3) is 4.38. The van der Waals surface area contributed by atoms with E-state index in [1.54, 1.807) is 29.8 Å². The highest BCUT2D eigenvalue weighted by Crippen LogP contribution is 2.21. The SMILES string of the molecule is CCn1nc(C)c2nc(SCC(=O)Nc3cccc(F)c3)n(Cc3ccco3)c(=O)c21. The van der Waals surface area contributed by atoms with Gasteiger partial charge in [0.2, 0.25) is 5.91 Å². The van der Waals surface area contributed by atoms with Gasteiger partial charge in [0.15, 0.2) is 10.7 Å². The standard InChI is InChI=1S/C21H20FN5O3S/c1-3-27-19-18(13(2)25-27)24-21(26(20(19)29)11-16-8-5-9-30-16)31-12-17(28)23-15-7-4-6-14(22)10-15/h4-10H,3,11-12H2,1-2H3,(H,23,28). The molecule has 160 valence electrons. The number of rotatable bonds is 7. The van der Waals surface area contributed by atoms with Crippen LogP contribution in [0.2, 0.25) is 0 Å². The van der Waals surface area contributed by atoms with Crippen molar-refractivity contribution in [2.45, 2.75) is 32.1 Å². The molecule has 3 heterocycles. The molecule has 3 aromatic heterocycles. The lowest BCUT2D eigenvalue weighted by molar-refractivity contribution is -0.113. The first kappa shape index (κ1) is 20.9. The summed E-state index contributed by atoms with van der Waals surface area (Å²) in [7, 11) is 0. The number of anilines is 1. The fourth-order valence-corrected chi connectivity index (χ4v) is 4.01. The van der Waals surface area contributed by atoms with Crippen LogP contribution in [0.25, 0.3) is 11.0 Å². The summed E-state index contributed by atoms with van der Waals surface area (Å²) in [5, 5.41) is 7.42. The maximum atomic E-state index is 13.3. The van der Waals surface area contributed by atoms with Crippen LogP contribution in [-0.4, -0.2) is 31.0 Å². The molecule has 4 aromatic rings. The van der Waals surface area contributed by atoms with Gasteiger partial charge in [-0.15, -0.1) is 0 Å². The van der Waals surface area contributed by atoms with E-state index in [0.717, 1.165) is 11.8 Å². The highest BCUT2D eigenvalue weighted by Gasteiger charge is 2.19. The minimum absolute atomic E-state index is 0.00637. The van der Waals surface area contributed by atoms with Crippen LogP contribution in [0, 0.1) is 12.7 Å². The Labute approximate surface area is 181 Å². The minimum atomic E-state index is -0.437. The summed E-state index contributed by atoms with van der Waals surface area (Å²) in [6, 6.07) is 9.17. The fraction of sp³-hybridized carbons (Fsp3) is 0.238. The number of furan rings is 1. The lowest BCUT2D eigenvalue weighted by Gasteiger charge is -2.12. The average molecular weight is 441 g/mol. The van der Waals surface area contributed by atoms with Crippen molar-refractivity contribution in [2.24, 2.45) is 0 Å². The maximum Gasteiger partial charge on any atom is 0.280 e. The van der Waals surface area contributed by atoms with Crippen molar-refractivity contribution >= 4 is 34.4 Å². The summed E-state index contributed by atoms with van der Waals surface area (Å²) >= 11 is 1.12. The molecule has 0 spiro atoms. The monoisotopic (exact) mass is 441 g/mol. The molecular weight excluding hydrogens is 421 g/mol. The second kappa shape index (κ2) is 8.76. The van der Waals surface area contributed by atoms with Gasteiger partial charge in [0.25, 0.3) is 5.56 Å². The number of halogens is 1. The summed E-state index contributed by atoms with van der Waals surface area (Å²) < 4.78 is 21.9.